The topological polar surface area (TPSA) is 75.7 Å². The van der Waals surface area contributed by atoms with Crippen molar-refractivity contribution in [3.05, 3.63) is 24.6 Å². The van der Waals surface area contributed by atoms with Crippen molar-refractivity contribution in [2.24, 2.45) is 10.7 Å². The summed E-state index contributed by atoms with van der Waals surface area (Å²) in [7, 11) is 0. The van der Waals surface area contributed by atoms with Gasteiger partial charge in [0.15, 0.2) is 6.54 Å². The van der Waals surface area contributed by atoms with Crippen molar-refractivity contribution in [1.82, 2.24) is 0 Å². The Morgan fingerprint density at radius 3 is 2.31 bits per heavy atom. The summed E-state index contributed by atoms with van der Waals surface area (Å²) in [4.78, 5) is 15.5. The molecule has 0 saturated heterocycles. The van der Waals surface area contributed by atoms with Crippen LogP contribution in [-0.4, -0.2) is 41.0 Å². The van der Waals surface area contributed by atoms with Crippen LogP contribution in [0.4, 0.5) is 0 Å². The molecular weight excluding hydrogens is 326 g/mol. The average Bonchev–Trinajstić information content (AvgIpc) is 2.97. The summed E-state index contributed by atoms with van der Waals surface area (Å²) in [5.74, 6) is -0.0503. The highest BCUT2D eigenvalue weighted by Crippen LogP contribution is 2.18. The van der Waals surface area contributed by atoms with Crippen LogP contribution >= 0.6 is 0 Å². The summed E-state index contributed by atoms with van der Waals surface area (Å²) >= 11 is 0. The number of quaternary nitrogens is 1. The smallest absolute Gasteiger partial charge is 0.360 e. The van der Waals surface area contributed by atoms with Crippen molar-refractivity contribution < 1.29 is 14.4 Å². The Balaban J connectivity index is 2.18. The van der Waals surface area contributed by atoms with Crippen molar-refractivity contribution in [2.45, 2.75) is 77.6 Å². The van der Waals surface area contributed by atoms with Crippen LogP contribution < -0.4 is 5.73 Å². The molecule has 26 heavy (non-hydrogen) atoms. The molecule has 1 aliphatic heterocycles. The molecule has 0 aromatic heterocycles. The van der Waals surface area contributed by atoms with Gasteiger partial charge >= 0.3 is 5.97 Å². The van der Waals surface area contributed by atoms with Crippen molar-refractivity contribution in [2.75, 3.05) is 19.6 Å². The van der Waals surface area contributed by atoms with E-state index in [0.29, 0.717) is 13.1 Å². The molecule has 0 aromatic rings. The lowest BCUT2D eigenvalue weighted by Crippen LogP contribution is -2.51. The number of allylic oxidation sites excluding steroid dienone is 1. The van der Waals surface area contributed by atoms with Gasteiger partial charge in [0.1, 0.15) is 12.7 Å². The predicted molar refractivity (Wildman–Crippen MR) is 109 cm³/mol. The van der Waals surface area contributed by atoms with Gasteiger partial charge < -0.3 is 10.8 Å². The lowest BCUT2D eigenvalue weighted by Gasteiger charge is -2.28. The third kappa shape index (κ3) is 8.77. The number of nitrogens with two attached hydrogens (primary N) is 1. The number of carbonyl (C=O) groups is 1. The van der Waals surface area contributed by atoms with Gasteiger partial charge in [-0.2, -0.15) is 4.99 Å². The Labute approximate surface area is 159 Å². The largest absolute Gasteiger partial charge is 0.477 e. The number of carboxylic acid groups (broad SMARTS) is 1. The van der Waals surface area contributed by atoms with E-state index in [2.05, 4.69) is 18.0 Å². The van der Waals surface area contributed by atoms with E-state index in [9.17, 15) is 9.90 Å². The molecular formula is C21H38N3O2+. The fraction of sp³-hybridized carbons (Fsp3) is 0.714. The van der Waals surface area contributed by atoms with Gasteiger partial charge in [0.2, 0.25) is 5.84 Å². The lowest BCUT2D eigenvalue weighted by molar-refractivity contribution is -0.775. The fourth-order valence-electron chi connectivity index (χ4n) is 3.43. The van der Waals surface area contributed by atoms with Gasteiger partial charge in [0, 0.05) is 12.6 Å². The van der Waals surface area contributed by atoms with Gasteiger partial charge in [-0.3, -0.25) is 0 Å². The van der Waals surface area contributed by atoms with E-state index >= 15 is 0 Å². The quantitative estimate of drug-likeness (QED) is 0.310. The highest BCUT2D eigenvalue weighted by molar-refractivity contribution is 5.90. The van der Waals surface area contributed by atoms with Crippen LogP contribution in [0, 0.1) is 0 Å². The second-order valence-corrected chi connectivity index (χ2v) is 7.26. The molecule has 1 atom stereocenters. The maximum Gasteiger partial charge on any atom is 0.360 e. The zero-order valence-electron chi connectivity index (χ0n) is 16.5. The molecule has 0 fully saturated rings. The molecule has 0 bridgehead atoms. The van der Waals surface area contributed by atoms with Crippen molar-refractivity contribution in [3.8, 4) is 0 Å². The van der Waals surface area contributed by atoms with E-state index in [-0.39, 0.29) is 11.0 Å². The van der Waals surface area contributed by atoms with Crippen LogP contribution in [0.3, 0.4) is 0 Å². The molecule has 1 aliphatic rings. The van der Waals surface area contributed by atoms with Gasteiger partial charge in [-0.1, -0.05) is 70.8 Å². The lowest BCUT2D eigenvalue weighted by atomic mass is 10.1. The highest BCUT2D eigenvalue weighted by Gasteiger charge is 2.35. The summed E-state index contributed by atoms with van der Waals surface area (Å²) in [6, 6.07) is 0. The Morgan fingerprint density at radius 2 is 1.73 bits per heavy atom. The molecule has 0 amide bonds. The molecule has 1 rings (SSSR count). The molecule has 1 unspecified atom stereocenters. The monoisotopic (exact) mass is 364 g/mol. The van der Waals surface area contributed by atoms with Crippen LogP contribution in [0.2, 0.25) is 0 Å². The zero-order valence-corrected chi connectivity index (χ0v) is 16.5. The van der Waals surface area contributed by atoms with Gasteiger partial charge in [-0.25, -0.2) is 9.28 Å². The van der Waals surface area contributed by atoms with Crippen LogP contribution in [0.1, 0.15) is 77.6 Å². The Hall–Kier alpha value is -1.46. The molecule has 5 heteroatoms. The first-order valence-corrected chi connectivity index (χ1v) is 10.4. The zero-order chi connectivity index (χ0) is 19.1. The number of aliphatic carboxylic acids is 1. The van der Waals surface area contributed by atoms with E-state index < -0.39 is 5.97 Å². The molecule has 0 radical (unpaired) electrons. The first-order valence-electron chi connectivity index (χ1n) is 10.4. The van der Waals surface area contributed by atoms with Crippen LogP contribution in [0.5, 0.6) is 0 Å². The summed E-state index contributed by atoms with van der Waals surface area (Å²) in [6.07, 6.45) is 22.0. The Kier molecular flexibility index (Phi) is 11.9. The number of hydrogen-bond donors (Lipinski definition) is 2. The molecule has 1 heterocycles. The molecule has 0 saturated carbocycles. The molecule has 148 valence electrons. The SMILES string of the molecule is CCCCCCCCCCCC/C=C/C1=NC=C[N+]1(CCN)CC(=O)O. The van der Waals surface area contributed by atoms with Crippen molar-refractivity contribution in [1.29, 1.82) is 0 Å². The maximum absolute atomic E-state index is 11.2. The van der Waals surface area contributed by atoms with Gasteiger partial charge in [-0.05, 0) is 12.8 Å². The van der Waals surface area contributed by atoms with E-state index in [1.54, 1.807) is 6.20 Å². The predicted octanol–water partition coefficient (Wildman–Crippen LogP) is 4.60. The Bertz CT molecular complexity index is 486. The molecule has 0 aromatic carbocycles. The summed E-state index contributed by atoms with van der Waals surface area (Å²) < 4.78 is 0.223. The molecule has 0 aliphatic carbocycles. The first-order chi connectivity index (χ1) is 12.6. The number of amidine groups is 1. The second-order valence-electron chi connectivity index (χ2n) is 7.26. The third-order valence-corrected chi connectivity index (χ3v) is 4.95. The van der Waals surface area contributed by atoms with Crippen molar-refractivity contribution in [3.63, 3.8) is 0 Å². The Morgan fingerprint density at radius 1 is 1.12 bits per heavy atom. The normalized spacial score (nSPS) is 19.4. The van der Waals surface area contributed by atoms with E-state index in [1.807, 2.05) is 12.3 Å². The van der Waals surface area contributed by atoms with Crippen molar-refractivity contribution >= 4 is 11.8 Å². The van der Waals surface area contributed by atoms with E-state index in [4.69, 9.17) is 5.73 Å². The maximum atomic E-state index is 11.2. The molecule has 3 N–H and O–H groups in total. The highest BCUT2D eigenvalue weighted by atomic mass is 16.4. The molecule has 5 nitrogen and oxygen atoms in total. The van der Waals surface area contributed by atoms with Crippen LogP contribution in [0.25, 0.3) is 0 Å². The number of rotatable bonds is 16. The number of unbranched alkanes of at least 4 members (excludes halogenated alkanes) is 10. The third-order valence-electron chi connectivity index (χ3n) is 4.95. The number of aliphatic imine (C=N–C) groups is 1. The minimum Gasteiger partial charge on any atom is -0.477 e. The standard InChI is InChI=1S/C21H37N3O2/c1-2-3-4-5-6-7-8-9-10-11-12-13-14-20-23-16-18-24(20,17-15-22)19-21(25)26/h13-14,16,18H,2-12,15,17,19,22H2,1H3/p+1/b14-13+. The van der Waals surface area contributed by atoms with Crippen LogP contribution in [-0.2, 0) is 4.79 Å². The van der Waals surface area contributed by atoms with Gasteiger partial charge in [0.25, 0.3) is 0 Å². The summed E-state index contributed by atoms with van der Waals surface area (Å²) in [5, 5.41) is 9.19. The number of carboxylic acids is 1. The number of hydrogen-bond acceptors (Lipinski definition) is 3. The van der Waals surface area contributed by atoms with Gasteiger partial charge in [-0.15, -0.1) is 0 Å². The molecule has 0 spiro atoms. The van der Waals surface area contributed by atoms with Gasteiger partial charge in [0.05, 0.1) is 6.20 Å². The minimum absolute atomic E-state index is 0.00483. The minimum atomic E-state index is -0.833. The second kappa shape index (κ2) is 13.7. The first kappa shape index (κ1) is 22.6. The fourth-order valence-corrected chi connectivity index (χ4v) is 3.43. The van der Waals surface area contributed by atoms with Crippen LogP contribution in [0.15, 0.2) is 29.5 Å². The average molecular weight is 365 g/mol. The van der Waals surface area contributed by atoms with E-state index in [1.165, 1.54) is 64.2 Å². The summed E-state index contributed by atoms with van der Waals surface area (Å²) in [5.41, 5.74) is 5.68. The number of nitrogens with zero attached hydrogens (tertiary/aromatic N) is 2. The summed E-state index contributed by atoms with van der Waals surface area (Å²) in [6.45, 7) is 3.25. The van der Waals surface area contributed by atoms with E-state index in [0.717, 1.165) is 12.3 Å².